The standard InChI is InChI=1S/C15H20ClFN2O2/c1-11(16)15-18-14-12(17)5-3-6-13(14)19(15)7-4-8-21-10-9-20-2/h3,5-6,11H,4,7-10H2,1-2H3. The monoisotopic (exact) mass is 314 g/mol. The summed E-state index contributed by atoms with van der Waals surface area (Å²) in [4.78, 5) is 4.34. The Bertz CT molecular complexity index is 586. The van der Waals surface area contributed by atoms with Crippen LogP contribution in [0.5, 0.6) is 0 Å². The van der Waals surface area contributed by atoms with Crippen LogP contribution in [0.2, 0.25) is 0 Å². The van der Waals surface area contributed by atoms with Gasteiger partial charge in [0.25, 0.3) is 0 Å². The SMILES string of the molecule is COCCOCCCn1c(C(C)Cl)nc2c(F)cccc21. The van der Waals surface area contributed by atoms with E-state index < -0.39 is 0 Å². The fourth-order valence-corrected chi connectivity index (χ4v) is 2.41. The van der Waals surface area contributed by atoms with Crippen LogP contribution >= 0.6 is 11.6 Å². The van der Waals surface area contributed by atoms with Gasteiger partial charge in [-0.25, -0.2) is 9.37 Å². The minimum absolute atomic E-state index is 0.272. The lowest BCUT2D eigenvalue weighted by Crippen LogP contribution is -2.09. The number of imidazole rings is 1. The summed E-state index contributed by atoms with van der Waals surface area (Å²) in [5, 5.41) is -0.272. The van der Waals surface area contributed by atoms with Gasteiger partial charge in [-0.15, -0.1) is 11.6 Å². The Labute approximate surface area is 128 Å². The predicted octanol–water partition coefficient (Wildman–Crippen LogP) is 3.53. The summed E-state index contributed by atoms with van der Waals surface area (Å²) in [5.41, 5.74) is 1.15. The molecule has 2 aromatic rings. The van der Waals surface area contributed by atoms with E-state index in [0.717, 1.165) is 11.9 Å². The van der Waals surface area contributed by atoms with Crippen molar-refractivity contribution in [1.82, 2.24) is 9.55 Å². The van der Waals surface area contributed by atoms with E-state index in [2.05, 4.69) is 4.98 Å². The fraction of sp³-hybridized carbons (Fsp3) is 0.533. The molecule has 0 aliphatic heterocycles. The first-order chi connectivity index (χ1) is 10.1. The third kappa shape index (κ3) is 3.93. The first-order valence-corrected chi connectivity index (χ1v) is 7.44. The molecule has 0 aliphatic rings. The quantitative estimate of drug-likeness (QED) is 0.552. The summed E-state index contributed by atoms with van der Waals surface area (Å²) < 4.78 is 26.1. The van der Waals surface area contributed by atoms with E-state index in [0.29, 0.717) is 37.7 Å². The number of aromatic nitrogens is 2. The Balaban J connectivity index is 2.10. The van der Waals surface area contributed by atoms with Crippen molar-refractivity contribution in [3.05, 3.63) is 29.8 Å². The van der Waals surface area contributed by atoms with Gasteiger partial charge in [0.2, 0.25) is 0 Å². The number of aryl methyl sites for hydroxylation is 1. The van der Waals surface area contributed by atoms with Gasteiger partial charge in [0, 0.05) is 20.3 Å². The molecular weight excluding hydrogens is 295 g/mol. The minimum Gasteiger partial charge on any atom is -0.382 e. The molecule has 0 amide bonds. The molecule has 0 radical (unpaired) electrons. The van der Waals surface area contributed by atoms with Crippen LogP contribution in [0.4, 0.5) is 4.39 Å². The largest absolute Gasteiger partial charge is 0.382 e. The van der Waals surface area contributed by atoms with Crippen LogP contribution in [0, 0.1) is 5.82 Å². The Morgan fingerprint density at radius 2 is 2.14 bits per heavy atom. The van der Waals surface area contributed by atoms with Crippen LogP contribution in [0.3, 0.4) is 0 Å². The molecule has 1 atom stereocenters. The maximum Gasteiger partial charge on any atom is 0.151 e. The highest BCUT2D eigenvalue weighted by atomic mass is 35.5. The normalized spacial score (nSPS) is 13.0. The van der Waals surface area contributed by atoms with Crippen molar-refractivity contribution >= 4 is 22.6 Å². The second kappa shape index (κ2) is 7.73. The van der Waals surface area contributed by atoms with Crippen molar-refractivity contribution in [3.63, 3.8) is 0 Å². The van der Waals surface area contributed by atoms with E-state index in [4.69, 9.17) is 21.1 Å². The fourth-order valence-electron chi connectivity index (χ4n) is 2.24. The summed E-state index contributed by atoms with van der Waals surface area (Å²) in [7, 11) is 1.64. The van der Waals surface area contributed by atoms with Gasteiger partial charge in [-0.05, 0) is 25.5 Å². The number of rotatable bonds is 8. The van der Waals surface area contributed by atoms with Crippen LogP contribution in [0.1, 0.15) is 24.5 Å². The number of halogens is 2. The molecule has 0 saturated carbocycles. The Hall–Kier alpha value is -1.17. The number of alkyl halides is 1. The maximum absolute atomic E-state index is 13.8. The first-order valence-electron chi connectivity index (χ1n) is 7.00. The highest BCUT2D eigenvalue weighted by molar-refractivity contribution is 6.20. The van der Waals surface area contributed by atoms with Gasteiger partial charge in [0.15, 0.2) is 5.82 Å². The van der Waals surface area contributed by atoms with Crippen molar-refractivity contribution < 1.29 is 13.9 Å². The number of hydrogen-bond donors (Lipinski definition) is 0. The van der Waals surface area contributed by atoms with Gasteiger partial charge >= 0.3 is 0 Å². The molecule has 6 heteroatoms. The third-order valence-corrected chi connectivity index (χ3v) is 3.41. The minimum atomic E-state index is -0.318. The molecule has 0 aliphatic carbocycles. The van der Waals surface area contributed by atoms with Gasteiger partial charge in [-0.2, -0.15) is 0 Å². The van der Waals surface area contributed by atoms with Crippen molar-refractivity contribution in [2.45, 2.75) is 25.3 Å². The maximum atomic E-state index is 13.8. The highest BCUT2D eigenvalue weighted by Gasteiger charge is 2.16. The van der Waals surface area contributed by atoms with Crippen LogP contribution < -0.4 is 0 Å². The average molecular weight is 315 g/mol. The second-order valence-corrected chi connectivity index (χ2v) is 5.46. The Morgan fingerprint density at radius 1 is 1.33 bits per heavy atom. The van der Waals surface area contributed by atoms with Gasteiger partial charge in [-0.1, -0.05) is 6.07 Å². The van der Waals surface area contributed by atoms with E-state index in [-0.39, 0.29) is 11.2 Å². The predicted molar refractivity (Wildman–Crippen MR) is 81.3 cm³/mol. The Morgan fingerprint density at radius 3 is 2.86 bits per heavy atom. The molecule has 1 unspecified atom stereocenters. The number of benzene rings is 1. The summed E-state index contributed by atoms with van der Waals surface area (Å²) in [6.45, 7) is 4.32. The molecule has 1 aromatic carbocycles. The molecular formula is C15H20ClFN2O2. The molecule has 4 nitrogen and oxygen atoms in total. The van der Waals surface area contributed by atoms with Crippen molar-refractivity contribution in [1.29, 1.82) is 0 Å². The van der Waals surface area contributed by atoms with Gasteiger partial charge < -0.3 is 14.0 Å². The van der Waals surface area contributed by atoms with E-state index in [1.165, 1.54) is 6.07 Å². The summed E-state index contributed by atoms with van der Waals surface area (Å²) >= 11 is 6.16. The molecule has 116 valence electrons. The third-order valence-electron chi connectivity index (χ3n) is 3.22. The number of para-hydroxylation sites is 1. The number of methoxy groups -OCH3 is 1. The van der Waals surface area contributed by atoms with Gasteiger partial charge in [0.1, 0.15) is 11.3 Å². The number of hydrogen-bond acceptors (Lipinski definition) is 3. The lowest BCUT2D eigenvalue weighted by atomic mass is 10.3. The molecule has 0 N–H and O–H groups in total. The molecule has 2 rings (SSSR count). The second-order valence-electron chi connectivity index (χ2n) is 4.80. The molecule has 0 saturated heterocycles. The molecule has 21 heavy (non-hydrogen) atoms. The van der Waals surface area contributed by atoms with Crippen LogP contribution in [0.15, 0.2) is 18.2 Å². The van der Waals surface area contributed by atoms with Crippen molar-refractivity contribution in [2.24, 2.45) is 0 Å². The zero-order chi connectivity index (χ0) is 15.2. The van der Waals surface area contributed by atoms with Crippen molar-refractivity contribution in [3.8, 4) is 0 Å². The molecule has 1 aromatic heterocycles. The van der Waals surface area contributed by atoms with E-state index >= 15 is 0 Å². The van der Waals surface area contributed by atoms with Crippen LogP contribution in [-0.4, -0.2) is 36.5 Å². The summed E-state index contributed by atoms with van der Waals surface area (Å²) in [5.74, 6) is 0.370. The topological polar surface area (TPSA) is 36.3 Å². The van der Waals surface area contributed by atoms with E-state index in [1.807, 2.05) is 17.6 Å². The lowest BCUT2D eigenvalue weighted by molar-refractivity contribution is 0.0680. The zero-order valence-corrected chi connectivity index (χ0v) is 13.1. The molecule has 0 spiro atoms. The van der Waals surface area contributed by atoms with E-state index in [9.17, 15) is 4.39 Å². The van der Waals surface area contributed by atoms with Gasteiger partial charge in [-0.3, -0.25) is 0 Å². The van der Waals surface area contributed by atoms with Gasteiger partial charge in [0.05, 0.1) is 24.1 Å². The van der Waals surface area contributed by atoms with Crippen molar-refractivity contribution in [2.75, 3.05) is 26.9 Å². The zero-order valence-electron chi connectivity index (χ0n) is 12.3. The molecule has 1 heterocycles. The number of fused-ring (bicyclic) bond motifs is 1. The first kappa shape index (κ1) is 16.2. The highest BCUT2D eigenvalue weighted by Crippen LogP contribution is 2.26. The lowest BCUT2D eigenvalue weighted by Gasteiger charge is -2.10. The van der Waals surface area contributed by atoms with Crippen LogP contribution in [0.25, 0.3) is 11.0 Å². The molecule has 0 bridgehead atoms. The Kier molecular flexibility index (Phi) is 5.96. The molecule has 0 fully saturated rings. The number of ether oxygens (including phenoxy) is 2. The number of nitrogens with zero attached hydrogens (tertiary/aromatic N) is 2. The van der Waals surface area contributed by atoms with E-state index in [1.54, 1.807) is 13.2 Å². The summed E-state index contributed by atoms with van der Waals surface area (Å²) in [6.07, 6.45) is 0.808. The van der Waals surface area contributed by atoms with Crippen LogP contribution in [-0.2, 0) is 16.0 Å². The smallest absolute Gasteiger partial charge is 0.151 e. The summed E-state index contributed by atoms with van der Waals surface area (Å²) in [6, 6.07) is 4.96. The average Bonchev–Trinajstić information content (AvgIpc) is 2.83.